The Kier molecular flexibility index (Phi) is 16.4. The summed E-state index contributed by atoms with van der Waals surface area (Å²) < 4.78 is 0. The van der Waals surface area contributed by atoms with Crippen LogP contribution in [0.3, 0.4) is 0 Å². The lowest BCUT2D eigenvalue weighted by atomic mass is 9.94. The molecule has 1 aliphatic carbocycles. The molecular weight excluding hydrogens is 640 g/mol. The minimum Gasteiger partial charge on any atom is -0.480 e. The van der Waals surface area contributed by atoms with E-state index in [0.29, 0.717) is 25.7 Å². The predicted octanol–water partition coefficient (Wildman–Crippen LogP) is 2.41. The Labute approximate surface area is 297 Å². The smallest absolute Gasteiger partial charge is 0.329 e. The van der Waals surface area contributed by atoms with Gasteiger partial charge in [0.25, 0.3) is 0 Å². The van der Waals surface area contributed by atoms with Crippen LogP contribution in [0.15, 0.2) is 30.3 Å². The Morgan fingerprint density at radius 2 is 1.36 bits per heavy atom. The van der Waals surface area contributed by atoms with Gasteiger partial charge in [0.2, 0.25) is 29.5 Å². The van der Waals surface area contributed by atoms with Crippen molar-refractivity contribution in [3.63, 3.8) is 0 Å². The number of amides is 5. The molecule has 1 aromatic rings. The Balaban J connectivity index is 2.23. The molecule has 280 valence electrons. The molecule has 0 aliphatic heterocycles. The summed E-state index contributed by atoms with van der Waals surface area (Å²) in [5.41, 5.74) is 6.18. The molecule has 13 nitrogen and oxygen atoms in total. The molecule has 50 heavy (non-hydrogen) atoms. The first kappa shape index (κ1) is 42.2. The van der Waals surface area contributed by atoms with Crippen molar-refractivity contribution in [3.8, 4) is 0 Å². The van der Waals surface area contributed by atoms with Gasteiger partial charge >= 0.3 is 5.97 Å². The molecule has 0 unspecified atom stereocenters. The van der Waals surface area contributed by atoms with E-state index in [0.717, 1.165) is 5.56 Å². The predicted molar refractivity (Wildman–Crippen MR) is 191 cm³/mol. The third-order valence-electron chi connectivity index (χ3n) is 9.10. The number of benzene rings is 1. The number of carboxylic acids is 1. The number of rotatable bonds is 21. The molecule has 13 heteroatoms. The van der Waals surface area contributed by atoms with Crippen molar-refractivity contribution in [2.24, 2.45) is 29.4 Å². The monoisotopic (exact) mass is 700 g/mol. The van der Waals surface area contributed by atoms with Crippen LogP contribution in [0.25, 0.3) is 0 Å². The number of nitrogens with two attached hydrogens (primary N) is 1. The number of hydrogen-bond acceptors (Lipinski definition) is 7. The van der Waals surface area contributed by atoms with Gasteiger partial charge in [0.15, 0.2) is 0 Å². The van der Waals surface area contributed by atoms with Gasteiger partial charge < -0.3 is 37.4 Å². The van der Waals surface area contributed by atoms with Crippen molar-refractivity contribution < 1.29 is 33.9 Å². The summed E-state index contributed by atoms with van der Waals surface area (Å²) in [4.78, 5) is 78.1. The van der Waals surface area contributed by atoms with Gasteiger partial charge in [-0.05, 0) is 54.9 Å². The highest BCUT2D eigenvalue weighted by atomic mass is 16.4. The van der Waals surface area contributed by atoms with Gasteiger partial charge in [-0.15, -0.1) is 0 Å². The maximum atomic E-state index is 13.8. The second kappa shape index (κ2) is 19.4. The van der Waals surface area contributed by atoms with E-state index < -0.39 is 65.3 Å². The number of carboxylic acid groups (broad SMARTS) is 1. The third kappa shape index (κ3) is 13.4. The maximum absolute atomic E-state index is 13.8. The van der Waals surface area contributed by atoms with Gasteiger partial charge in [-0.2, -0.15) is 0 Å². The minimum absolute atomic E-state index is 0.105. The molecule has 1 fully saturated rings. The van der Waals surface area contributed by atoms with Crippen molar-refractivity contribution in [2.75, 3.05) is 0 Å². The number of nitrogens with one attached hydrogen (secondary N) is 5. The van der Waals surface area contributed by atoms with Gasteiger partial charge in [-0.25, -0.2) is 4.79 Å². The highest BCUT2D eigenvalue weighted by Gasteiger charge is 2.52. The van der Waals surface area contributed by atoms with Crippen LogP contribution in [0.5, 0.6) is 0 Å². The molecule has 0 saturated heterocycles. The average molecular weight is 701 g/mol. The van der Waals surface area contributed by atoms with E-state index in [1.165, 1.54) is 0 Å². The molecule has 0 spiro atoms. The van der Waals surface area contributed by atoms with Crippen LogP contribution in [0.2, 0.25) is 0 Å². The molecule has 5 amide bonds. The van der Waals surface area contributed by atoms with Crippen LogP contribution in [-0.2, 0) is 35.2 Å². The van der Waals surface area contributed by atoms with Crippen LogP contribution >= 0.6 is 0 Å². The molecule has 6 atom stereocenters. The summed E-state index contributed by atoms with van der Waals surface area (Å²) in [6, 6.07) is 4.95. The lowest BCUT2D eigenvalue weighted by molar-refractivity contribution is -0.143. The lowest BCUT2D eigenvalue weighted by Gasteiger charge is -2.31. The largest absolute Gasteiger partial charge is 0.480 e. The van der Waals surface area contributed by atoms with E-state index in [1.807, 2.05) is 65.0 Å². The van der Waals surface area contributed by atoms with Crippen molar-refractivity contribution in [3.05, 3.63) is 35.9 Å². The zero-order valence-corrected chi connectivity index (χ0v) is 31.0. The minimum atomic E-state index is -1.30. The van der Waals surface area contributed by atoms with Crippen LogP contribution in [0.4, 0.5) is 0 Å². The molecule has 1 aromatic carbocycles. The van der Waals surface area contributed by atoms with E-state index in [1.54, 1.807) is 20.8 Å². The fourth-order valence-electron chi connectivity index (χ4n) is 5.69. The quantitative estimate of drug-likeness (QED) is 0.101. The zero-order valence-electron chi connectivity index (χ0n) is 31.0. The van der Waals surface area contributed by atoms with Crippen LogP contribution in [0, 0.1) is 23.7 Å². The van der Waals surface area contributed by atoms with E-state index in [4.69, 9.17) is 5.73 Å². The molecular formula is C37H60N6O7. The summed E-state index contributed by atoms with van der Waals surface area (Å²) in [5.74, 6) is -3.76. The van der Waals surface area contributed by atoms with Crippen LogP contribution in [0.1, 0.15) is 99.5 Å². The molecule has 0 heterocycles. The Hall–Kier alpha value is -4.00. The number of carbonyl (C=O) groups excluding carboxylic acids is 5. The Bertz CT molecular complexity index is 1310. The lowest BCUT2D eigenvalue weighted by Crippen LogP contribution is -2.60. The first-order chi connectivity index (χ1) is 23.4. The highest BCUT2D eigenvalue weighted by Crippen LogP contribution is 2.35. The zero-order chi connectivity index (χ0) is 37.8. The molecule has 8 N–H and O–H groups in total. The third-order valence-corrected chi connectivity index (χ3v) is 9.10. The second-order valence-corrected chi connectivity index (χ2v) is 15.1. The molecule has 0 radical (unpaired) electrons. The topological polar surface area (TPSA) is 209 Å². The van der Waals surface area contributed by atoms with Gasteiger partial charge in [-0.1, -0.05) is 92.1 Å². The van der Waals surface area contributed by atoms with Gasteiger partial charge in [0.05, 0.1) is 0 Å². The number of aliphatic carboxylic acids is 1. The van der Waals surface area contributed by atoms with Crippen LogP contribution in [-0.4, -0.2) is 76.4 Å². The average Bonchev–Trinajstić information content (AvgIpc) is 3.81. The Morgan fingerprint density at radius 1 is 0.760 bits per heavy atom. The summed E-state index contributed by atoms with van der Waals surface area (Å²) >= 11 is 0. The fourth-order valence-corrected chi connectivity index (χ4v) is 5.69. The standard InChI is InChI=1S/C37H60N6O7/c1-9-24(8)32(35(48)43-37(15-16-37)36(49)50)41-30(45)20-26(38)27(19-25-13-11-10-12-14-25)40-34(47)31(23(6)7)42-33(46)28(17-21(2)3)39-29(44)18-22(4)5/h10-14,21-24,26-28,31-32H,9,15-20,38H2,1-8H3,(H,39,44)(H,40,47)(H,41,45)(H,42,46)(H,43,48)(H,49,50)/t24-,26-,27-,28-,31-,32-/m0/s1. The number of carbonyl (C=O) groups is 6. The highest BCUT2D eigenvalue weighted by molar-refractivity contribution is 5.94. The van der Waals surface area contributed by atoms with Crippen molar-refractivity contribution in [1.82, 2.24) is 26.6 Å². The van der Waals surface area contributed by atoms with E-state index in [2.05, 4.69) is 26.6 Å². The Morgan fingerprint density at radius 3 is 1.86 bits per heavy atom. The molecule has 1 aliphatic rings. The first-order valence-electron chi connectivity index (χ1n) is 17.9. The second-order valence-electron chi connectivity index (χ2n) is 15.1. The van der Waals surface area contributed by atoms with Crippen molar-refractivity contribution >= 4 is 35.5 Å². The van der Waals surface area contributed by atoms with Crippen molar-refractivity contribution in [2.45, 2.75) is 136 Å². The molecule has 2 rings (SSSR count). The molecule has 0 bridgehead atoms. The van der Waals surface area contributed by atoms with E-state index in [-0.39, 0.29) is 48.8 Å². The summed E-state index contributed by atoms with van der Waals surface area (Å²) in [5, 5.41) is 23.5. The van der Waals surface area contributed by atoms with Gasteiger partial charge in [0, 0.05) is 24.9 Å². The van der Waals surface area contributed by atoms with Crippen LogP contribution < -0.4 is 32.3 Å². The normalized spacial score (nSPS) is 17.1. The van der Waals surface area contributed by atoms with Crippen molar-refractivity contribution in [1.29, 1.82) is 0 Å². The van der Waals surface area contributed by atoms with E-state index >= 15 is 0 Å². The summed E-state index contributed by atoms with van der Waals surface area (Å²) in [7, 11) is 0. The molecule has 0 aromatic heterocycles. The SMILES string of the molecule is CC[C@H](C)[C@H](NC(=O)C[C@H](N)[C@H](Cc1ccccc1)NC(=O)[C@@H](NC(=O)[C@H](CC(C)C)NC(=O)CC(C)C)C(C)C)C(=O)NC1(C(=O)O)CC1. The fraction of sp³-hybridized carbons (Fsp3) is 0.676. The van der Waals surface area contributed by atoms with Gasteiger partial charge in [0.1, 0.15) is 23.7 Å². The first-order valence-corrected chi connectivity index (χ1v) is 17.9. The maximum Gasteiger partial charge on any atom is 0.329 e. The number of hydrogen-bond donors (Lipinski definition) is 7. The summed E-state index contributed by atoms with van der Waals surface area (Å²) in [6.45, 7) is 15.0. The van der Waals surface area contributed by atoms with Gasteiger partial charge in [-0.3, -0.25) is 24.0 Å². The van der Waals surface area contributed by atoms with E-state index in [9.17, 15) is 33.9 Å². The summed E-state index contributed by atoms with van der Waals surface area (Å²) in [6.07, 6.45) is 1.92. The molecule has 1 saturated carbocycles.